The van der Waals surface area contributed by atoms with Gasteiger partial charge in [-0.3, -0.25) is 8.42 Å². The van der Waals surface area contributed by atoms with Crippen LogP contribution in [0.4, 0.5) is 0 Å². The van der Waals surface area contributed by atoms with E-state index in [1.807, 2.05) is 6.07 Å². The Morgan fingerprint density at radius 1 is 0.860 bits per heavy atom. The maximum Gasteiger partial charge on any atom is 2.00 e. The van der Waals surface area contributed by atoms with Crippen molar-refractivity contribution in [3.8, 4) is 5.75 Å². The summed E-state index contributed by atoms with van der Waals surface area (Å²) < 4.78 is 68.5. The smallest absolute Gasteiger partial charge is 2.00 e. The van der Waals surface area contributed by atoms with Crippen molar-refractivity contribution < 1.29 is 330 Å². The van der Waals surface area contributed by atoms with Crippen molar-refractivity contribution in [3.05, 3.63) is 45.7 Å². The van der Waals surface area contributed by atoms with Crippen molar-refractivity contribution in [3.63, 3.8) is 0 Å². The number of carbonyl (C=O) groups excluding carboxylic acids is 2. The van der Waals surface area contributed by atoms with Crippen molar-refractivity contribution in [1.82, 2.24) is 6.15 Å². The zero-order chi connectivity index (χ0) is 24.0. The molecule has 0 aromatic heterocycles. The minimum Gasteiger partial charge on any atom is 2.00 e. The standard InChI is InChI=1S/C6H6O.C2H4O2.CH2O2.BrH.ClH.Cr.FH.HI.NO3.H3N.H2O4S.4O.10Zn/c7-6-4-2-1-3-5-6;1-2(3)4;2-1-3;;;;;;2-1(3)4;;1-5(2,3)4;;;;;;;;;;;;;;/h1-5,7H;1H3,(H,3,4);1H,(H,2,3);2*1H;;2*1H;;1H3;(H2,1,2,3,4);;;;;;;;;;;;;;/q;;;;;;;;-1;;;;;2*-1;10*+2/p-8. The fourth-order valence-corrected chi connectivity index (χ4v) is 0.428. The van der Waals surface area contributed by atoms with Gasteiger partial charge in [-0.1, -0.05) is 18.2 Å². The number of phenols is 1. The number of halogens is 4. The Labute approximate surface area is 410 Å². The van der Waals surface area contributed by atoms with Crippen molar-refractivity contribution in [2.75, 3.05) is 0 Å². The monoisotopic (exact) mass is 1390 g/mol. The molecule has 0 bridgehead atoms. The molecule has 0 radical (unpaired) electrons. The van der Waals surface area contributed by atoms with Gasteiger partial charge in [0.05, 0.1) is 5.09 Å². The number of aromatic hydroxyl groups is 1. The Morgan fingerprint density at radius 2 is 0.953 bits per heavy atom. The minimum atomic E-state index is -5.75. The summed E-state index contributed by atoms with van der Waals surface area (Å²) in [6.07, 6.45) is 0. The van der Waals surface area contributed by atoms with Gasteiger partial charge < -0.3 is 114 Å². The number of benzene rings is 1. The number of carboxylic acids is 1. The van der Waals surface area contributed by atoms with Crippen LogP contribution in [-0.2, 0) is 236 Å². The van der Waals surface area contributed by atoms with E-state index >= 15 is 0 Å². The number of hydrogen-bond acceptors (Lipinski definition) is 17. The molecular weight excluding hydrogens is 1390 g/mol. The predicted molar refractivity (Wildman–Crippen MR) is 72.1 cm³/mol. The van der Waals surface area contributed by atoms with Gasteiger partial charge in [0.1, 0.15) is 5.75 Å². The number of phenolic OH excluding ortho intramolecular Hbond substituents is 1. The van der Waals surface area contributed by atoms with Gasteiger partial charge in [-0.2, -0.15) is 0 Å². The van der Waals surface area contributed by atoms with E-state index in [-0.39, 0.29) is 259 Å². The van der Waals surface area contributed by atoms with Gasteiger partial charge in [0.2, 0.25) is 0 Å². The van der Waals surface area contributed by atoms with Gasteiger partial charge >= 0.3 is 224 Å². The van der Waals surface area contributed by atoms with E-state index in [4.69, 9.17) is 73.7 Å². The normalized spacial score (nSPS) is 5.51. The summed E-state index contributed by atoms with van der Waals surface area (Å²) in [5.74, 6) is -0.762. The van der Waals surface area contributed by atoms with Crippen LogP contribution in [0.3, 0.4) is 0 Å². The van der Waals surface area contributed by atoms with E-state index in [1.165, 1.54) is 0 Å². The molecule has 1 rings (SSSR count). The van der Waals surface area contributed by atoms with Crippen LogP contribution in [0.15, 0.2) is 30.3 Å². The fraction of sp³-hybridized carbons (Fsp3) is 0.111. The molecule has 0 aliphatic carbocycles. The van der Waals surface area contributed by atoms with E-state index in [0.29, 0.717) is 5.75 Å². The minimum absolute atomic E-state index is 0. The van der Waals surface area contributed by atoms with E-state index in [2.05, 4.69) is 0 Å². The quantitative estimate of drug-likeness (QED) is 0.0463. The first-order valence-electron chi connectivity index (χ1n) is 5.39. The molecule has 0 aliphatic heterocycles. The molecule has 0 saturated heterocycles. The molecule has 4 N–H and O–H groups in total. The van der Waals surface area contributed by atoms with Gasteiger partial charge in [0, 0.05) is 22.8 Å². The molecule has 0 aliphatic rings. The van der Waals surface area contributed by atoms with E-state index in [1.54, 1.807) is 24.3 Å². The number of para-hydroxylation sites is 1. The maximum absolute atomic E-state index is 8.89. The Morgan fingerprint density at radius 3 is 1.00 bits per heavy atom. The Bertz CT molecular complexity index is 713. The third-order valence-corrected chi connectivity index (χ3v) is 0.756. The summed E-state index contributed by atoms with van der Waals surface area (Å²) in [7, 11) is -5.17. The molecule has 1 aromatic carbocycles. The van der Waals surface area contributed by atoms with Crippen LogP contribution in [0.5, 0.6) is 5.75 Å². The number of nitrogens with zero attached hydrogens (tertiary/aromatic N) is 1. The molecule has 43 heavy (non-hydrogen) atoms. The van der Waals surface area contributed by atoms with Crippen LogP contribution in [-0.4, -0.2) is 40.2 Å². The molecule has 34 heteroatoms. The second kappa shape index (κ2) is 97.1. The average Bonchev–Trinajstić information content (AvgIpc) is 2.34. The summed E-state index contributed by atoms with van der Waals surface area (Å²) in [5.41, 5.74) is 0. The van der Waals surface area contributed by atoms with E-state index in [0.717, 1.165) is 6.92 Å². The Kier molecular flexibility index (Phi) is 306. The molecule has 0 spiro atoms. The Balaban J connectivity index is -0.00000000778. The maximum atomic E-state index is 8.89. The van der Waals surface area contributed by atoms with Crippen molar-refractivity contribution in [2.24, 2.45) is 0 Å². The average molecular weight is 1400 g/mol. The first-order valence-corrected chi connectivity index (χ1v) is 8.81. The van der Waals surface area contributed by atoms with Gasteiger partial charge in [-0.25, -0.2) is 0 Å². The van der Waals surface area contributed by atoms with Crippen molar-refractivity contribution in [1.29, 1.82) is 0 Å². The molecular formula is C9H13BrClCrFIN2O16SZn10+9. The molecule has 0 atom stereocenters. The summed E-state index contributed by atoms with van der Waals surface area (Å²) in [5, 5.41) is 40.5. The number of rotatable bonds is 0. The van der Waals surface area contributed by atoms with Gasteiger partial charge in [0.25, 0.3) is 0 Å². The second-order valence-electron chi connectivity index (χ2n) is 2.96. The number of carbonyl (C=O) groups is 2. The molecule has 0 saturated carbocycles. The van der Waals surface area contributed by atoms with E-state index < -0.39 is 41.5 Å². The van der Waals surface area contributed by atoms with Crippen LogP contribution < -0.4 is 82.7 Å². The third kappa shape index (κ3) is 578. The molecule has 206 valence electrons. The van der Waals surface area contributed by atoms with E-state index in [9.17, 15) is 0 Å². The number of hydrogen-bond donors (Lipinski definition) is 2. The van der Waals surface area contributed by atoms with Crippen molar-refractivity contribution >= 4 is 22.8 Å². The summed E-state index contributed by atoms with van der Waals surface area (Å²) in [4.78, 5) is 25.4. The first-order chi connectivity index (χ1) is 12.3. The van der Waals surface area contributed by atoms with Crippen LogP contribution in [0.2, 0.25) is 0 Å². The molecule has 18 nitrogen and oxygen atoms in total. The summed E-state index contributed by atoms with van der Waals surface area (Å²) >= 11 is -5.75. The van der Waals surface area contributed by atoms with Crippen LogP contribution >= 0.6 is 0 Å². The first kappa shape index (κ1) is 136. The topological polar surface area (TPSA) is 362 Å². The fourth-order valence-electron chi connectivity index (χ4n) is 0.428. The number of carboxylic acid groups (broad SMARTS) is 2. The van der Waals surface area contributed by atoms with Crippen LogP contribution in [0.25, 0.3) is 0 Å². The molecule has 0 unspecified atom stereocenters. The third-order valence-electron chi connectivity index (χ3n) is 0.756. The molecule has 0 amide bonds. The largest absolute Gasteiger partial charge is 2.00 e. The molecule has 0 heterocycles. The molecule has 1 aromatic rings. The van der Waals surface area contributed by atoms with Crippen LogP contribution in [0, 0.1) is 15.3 Å². The zero-order valence-corrected chi connectivity index (χ0v) is 58.9. The summed E-state index contributed by atoms with van der Waals surface area (Å²) in [6.45, 7) is 0.472. The van der Waals surface area contributed by atoms with Gasteiger partial charge in [0.15, 0.2) is 0 Å². The molecule has 0 fully saturated rings. The van der Waals surface area contributed by atoms with Crippen LogP contribution in [0.1, 0.15) is 6.92 Å². The van der Waals surface area contributed by atoms with Crippen molar-refractivity contribution in [2.45, 2.75) is 6.92 Å². The van der Waals surface area contributed by atoms with Gasteiger partial charge in [-0.05, 0) is 19.1 Å². The van der Waals surface area contributed by atoms with Gasteiger partial charge in [-0.15, -0.1) is 0 Å². The predicted octanol–water partition coefficient (Wildman–Crippen LogP) is -17.5. The number of aliphatic carboxylic acids is 1. The summed E-state index contributed by atoms with van der Waals surface area (Å²) in [6, 6.07) is 8.71. The second-order valence-corrected chi connectivity index (χ2v) is 5.05. The zero-order valence-electron chi connectivity index (χ0n) is 22.6. The SMILES string of the molecule is CC(=O)[O-].N.O=C[O-].O=S(=O)([O-])[O-].O=[N+]([O-])[O-].Oc1ccccc1.[Br-].[Cl-].[F-].[I-].[O]=[Cr](=[O])([O-])[O-].[Zn+2].[Zn+2].[Zn+2].[Zn+2].[Zn+2].[Zn+2].[Zn+2].[Zn+2].[Zn+2].[Zn+2]. The Hall–Kier alpha value is 4.71.